The number of nitrogens with zero attached hydrogens (tertiary/aromatic N) is 1. The van der Waals surface area contributed by atoms with Gasteiger partial charge in [0.2, 0.25) is 11.8 Å². The fourth-order valence-corrected chi connectivity index (χ4v) is 4.07. The van der Waals surface area contributed by atoms with Gasteiger partial charge in [0.05, 0.1) is 0 Å². The van der Waals surface area contributed by atoms with Crippen LogP contribution >= 0.6 is 0 Å². The minimum absolute atomic E-state index is 0.101. The van der Waals surface area contributed by atoms with Gasteiger partial charge in [0, 0.05) is 18.8 Å². The molecule has 0 N–H and O–H groups in total. The van der Waals surface area contributed by atoms with Crippen molar-refractivity contribution in [3.05, 3.63) is 71.8 Å². The molecule has 1 heterocycles. The number of likely N-dealkylation sites (tertiary alicyclic amines) is 1. The molecule has 0 saturated carbocycles. The molecule has 2 unspecified atom stereocenters. The van der Waals surface area contributed by atoms with Crippen molar-refractivity contribution >= 4 is 17.8 Å². The van der Waals surface area contributed by atoms with Crippen molar-refractivity contribution in [3.63, 3.8) is 0 Å². The molecule has 0 aromatic heterocycles. The van der Waals surface area contributed by atoms with Gasteiger partial charge in [0.15, 0.2) is 0 Å². The molecule has 1 fully saturated rings. The molecule has 164 valence electrons. The molecule has 5 nitrogen and oxygen atoms in total. The summed E-state index contributed by atoms with van der Waals surface area (Å²) in [7, 11) is 0. The van der Waals surface area contributed by atoms with E-state index >= 15 is 0 Å². The van der Waals surface area contributed by atoms with Crippen LogP contribution in [0.5, 0.6) is 0 Å². The molecule has 0 spiro atoms. The highest BCUT2D eigenvalue weighted by molar-refractivity contribution is 6.01. The highest BCUT2D eigenvalue weighted by Gasteiger charge is 2.44. The second kappa shape index (κ2) is 9.90. The fraction of sp³-hybridized carbons (Fsp3) is 0.423. The molecule has 1 aliphatic heterocycles. The molecular weight excluding hydrogens is 390 g/mol. The van der Waals surface area contributed by atoms with Crippen LogP contribution < -0.4 is 0 Å². The topological polar surface area (TPSA) is 63.7 Å². The Kier molecular flexibility index (Phi) is 7.26. The zero-order valence-corrected chi connectivity index (χ0v) is 18.5. The molecule has 2 amide bonds. The number of carbonyl (C=O) groups excluding carboxylic acids is 3. The average molecular weight is 422 g/mol. The second-order valence-corrected chi connectivity index (χ2v) is 9.21. The maximum absolute atomic E-state index is 13.5. The van der Waals surface area contributed by atoms with Crippen molar-refractivity contribution < 1.29 is 19.1 Å². The lowest BCUT2D eigenvalue weighted by Gasteiger charge is -2.34. The van der Waals surface area contributed by atoms with E-state index in [2.05, 4.69) is 0 Å². The maximum Gasteiger partial charge on any atom is 0.330 e. The van der Waals surface area contributed by atoms with E-state index in [0.717, 1.165) is 11.1 Å². The van der Waals surface area contributed by atoms with E-state index in [1.807, 2.05) is 81.4 Å². The number of hydrogen-bond acceptors (Lipinski definition) is 4. The minimum atomic E-state index is -0.978. The van der Waals surface area contributed by atoms with Crippen LogP contribution in [0.15, 0.2) is 60.7 Å². The highest BCUT2D eigenvalue weighted by Crippen LogP contribution is 2.35. The number of imide groups is 1. The highest BCUT2D eigenvalue weighted by atomic mass is 16.5. The summed E-state index contributed by atoms with van der Waals surface area (Å²) in [6, 6.07) is 17.9. The minimum Gasteiger partial charge on any atom is -0.459 e. The Balaban J connectivity index is 1.90. The van der Waals surface area contributed by atoms with Crippen LogP contribution in [0.4, 0.5) is 0 Å². The maximum atomic E-state index is 13.5. The Hall–Kier alpha value is -2.95. The van der Waals surface area contributed by atoms with E-state index in [1.165, 1.54) is 4.90 Å². The SMILES string of the molecule is CC(C)(C)C1CCCC(=O)N(C(Cc2ccccc2)C(=O)OCc2ccccc2)C1=O. The molecule has 31 heavy (non-hydrogen) atoms. The van der Waals surface area contributed by atoms with Gasteiger partial charge in [-0.05, 0) is 29.4 Å². The zero-order chi connectivity index (χ0) is 22.4. The third-order valence-corrected chi connectivity index (χ3v) is 5.81. The van der Waals surface area contributed by atoms with Crippen LogP contribution in [0, 0.1) is 11.3 Å². The molecule has 1 aliphatic rings. The molecule has 2 aromatic carbocycles. The van der Waals surface area contributed by atoms with E-state index in [9.17, 15) is 14.4 Å². The van der Waals surface area contributed by atoms with Crippen molar-refractivity contribution in [3.8, 4) is 0 Å². The Morgan fingerprint density at radius 2 is 1.58 bits per heavy atom. The van der Waals surface area contributed by atoms with Crippen LogP contribution in [0.1, 0.15) is 51.2 Å². The molecule has 0 radical (unpaired) electrons. The van der Waals surface area contributed by atoms with E-state index in [-0.39, 0.29) is 42.6 Å². The van der Waals surface area contributed by atoms with Gasteiger partial charge in [-0.1, -0.05) is 81.4 Å². The van der Waals surface area contributed by atoms with Crippen molar-refractivity contribution in [2.75, 3.05) is 0 Å². The summed E-state index contributed by atoms with van der Waals surface area (Å²) in [5.41, 5.74) is 1.43. The van der Waals surface area contributed by atoms with Gasteiger partial charge in [-0.15, -0.1) is 0 Å². The van der Waals surface area contributed by atoms with E-state index in [4.69, 9.17) is 4.74 Å². The first-order valence-electron chi connectivity index (χ1n) is 10.9. The van der Waals surface area contributed by atoms with Crippen molar-refractivity contribution in [2.45, 2.75) is 59.1 Å². The van der Waals surface area contributed by atoms with Gasteiger partial charge in [0.25, 0.3) is 0 Å². The summed E-state index contributed by atoms with van der Waals surface area (Å²) < 4.78 is 5.59. The Morgan fingerprint density at radius 3 is 2.16 bits per heavy atom. The largest absolute Gasteiger partial charge is 0.459 e. The first kappa shape index (κ1) is 22.7. The smallest absolute Gasteiger partial charge is 0.330 e. The summed E-state index contributed by atoms with van der Waals surface area (Å²) in [4.78, 5) is 40.9. The second-order valence-electron chi connectivity index (χ2n) is 9.21. The summed E-state index contributed by atoms with van der Waals surface area (Å²) in [6.07, 6.45) is 1.78. The predicted octanol–water partition coefficient (Wildman–Crippen LogP) is 4.54. The lowest BCUT2D eigenvalue weighted by atomic mass is 9.77. The first-order chi connectivity index (χ1) is 14.8. The molecule has 1 saturated heterocycles. The third-order valence-electron chi connectivity index (χ3n) is 5.81. The van der Waals surface area contributed by atoms with E-state index in [1.54, 1.807) is 0 Å². The summed E-state index contributed by atoms with van der Waals surface area (Å²) >= 11 is 0. The molecule has 2 atom stereocenters. The number of rotatable bonds is 6. The molecule has 5 heteroatoms. The van der Waals surface area contributed by atoms with Gasteiger partial charge in [-0.3, -0.25) is 14.5 Å². The van der Waals surface area contributed by atoms with Crippen LogP contribution in [-0.2, 0) is 32.1 Å². The van der Waals surface area contributed by atoms with Crippen LogP contribution in [0.3, 0.4) is 0 Å². The van der Waals surface area contributed by atoms with Crippen molar-refractivity contribution in [1.82, 2.24) is 4.90 Å². The molecular formula is C26H31NO4. The molecule has 0 bridgehead atoms. The van der Waals surface area contributed by atoms with Gasteiger partial charge < -0.3 is 4.74 Å². The number of esters is 1. The van der Waals surface area contributed by atoms with Gasteiger partial charge in [0.1, 0.15) is 12.6 Å². The Bertz CT molecular complexity index is 902. The predicted molar refractivity (Wildman–Crippen MR) is 119 cm³/mol. The van der Waals surface area contributed by atoms with Crippen molar-refractivity contribution in [1.29, 1.82) is 0 Å². The fourth-order valence-electron chi connectivity index (χ4n) is 4.07. The van der Waals surface area contributed by atoms with Crippen LogP contribution in [-0.4, -0.2) is 28.7 Å². The number of hydrogen-bond donors (Lipinski definition) is 0. The first-order valence-corrected chi connectivity index (χ1v) is 10.9. The van der Waals surface area contributed by atoms with Gasteiger partial charge >= 0.3 is 5.97 Å². The number of carbonyl (C=O) groups is 3. The standard InChI is InChI=1S/C26H31NO4/c1-26(2,3)21-15-10-16-23(28)27(24(21)29)22(17-19-11-6-4-7-12-19)25(30)31-18-20-13-8-5-9-14-20/h4-9,11-14,21-22H,10,15-18H2,1-3H3. The van der Waals surface area contributed by atoms with Gasteiger partial charge in [-0.25, -0.2) is 4.79 Å². The zero-order valence-electron chi connectivity index (χ0n) is 18.5. The number of amides is 2. The van der Waals surface area contributed by atoms with Crippen LogP contribution in [0.2, 0.25) is 0 Å². The summed E-state index contributed by atoms with van der Waals surface area (Å²) in [5, 5.41) is 0. The lowest BCUT2D eigenvalue weighted by Crippen LogP contribution is -2.52. The average Bonchev–Trinajstić information content (AvgIpc) is 2.89. The van der Waals surface area contributed by atoms with E-state index < -0.39 is 12.0 Å². The summed E-state index contributed by atoms with van der Waals surface area (Å²) in [5.74, 6) is -1.44. The quantitative estimate of drug-likeness (QED) is 0.507. The molecule has 0 aliphatic carbocycles. The lowest BCUT2D eigenvalue weighted by molar-refractivity contribution is -0.164. The van der Waals surface area contributed by atoms with Crippen LogP contribution in [0.25, 0.3) is 0 Å². The Labute approximate surface area is 184 Å². The monoisotopic (exact) mass is 421 g/mol. The molecule has 3 rings (SSSR count). The van der Waals surface area contributed by atoms with Gasteiger partial charge in [-0.2, -0.15) is 0 Å². The van der Waals surface area contributed by atoms with E-state index in [0.29, 0.717) is 12.8 Å². The number of benzene rings is 2. The summed E-state index contributed by atoms with van der Waals surface area (Å²) in [6.45, 7) is 6.11. The Morgan fingerprint density at radius 1 is 1.00 bits per heavy atom. The van der Waals surface area contributed by atoms with Crippen molar-refractivity contribution in [2.24, 2.45) is 11.3 Å². The normalized spacial score (nSPS) is 18.4. The molecule has 2 aromatic rings. The third kappa shape index (κ3) is 5.81. The number of ether oxygens (including phenoxy) is 1.